The molecule has 0 amide bonds. The lowest BCUT2D eigenvalue weighted by Crippen LogP contribution is -2.23. The van der Waals surface area contributed by atoms with Crippen molar-refractivity contribution >= 4 is 34.0 Å². The van der Waals surface area contributed by atoms with Crippen LogP contribution in [-0.2, 0) is 0 Å². The molecule has 0 radical (unpaired) electrons. The van der Waals surface area contributed by atoms with Crippen LogP contribution in [0, 0.1) is 0 Å². The molecule has 0 unspecified atom stereocenters. The highest BCUT2D eigenvalue weighted by atomic mass is 35.5. The summed E-state index contributed by atoms with van der Waals surface area (Å²) in [5.74, 6) is 0.502. The van der Waals surface area contributed by atoms with Gasteiger partial charge in [0.1, 0.15) is 0 Å². The van der Waals surface area contributed by atoms with Gasteiger partial charge in [-0.1, -0.05) is 65.4 Å². The maximum atomic E-state index is 12.5. The molecule has 4 aromatic rings. The Morgan fingerprint density at radius 1 is 1.09 bits per heavy atom. The Bertz CT molecular complexity index is 1100. The van der Waals surface area contributed by atoms with Crippen molar-refractivity contribution in [1.29, 1.82) is 0 Å². The minimum Gasteiger partial charge on any atom is -0.266 e. The number of hydrogen-bond donors (Lipinski definition) is 0. The maximum Gasteiger partial charge on any atom is 0.291 e. The van der Waals surface area contributed by atoms with Crippen molar-refractivity contribution in [2.75, 3.05) is 0 Å². The minimum atomic E-state index is -0.158. The van der Waals surface area contributed by atoms with Crippen LogP contribution in [0.15, 0.2) is 59.4 Å². The van der Waals surface area contributed by atoms with Crippen LogP contribution in [0.4, 0.5) is 0 Å². The van der Waals surface area contributed by atoms with E-state index in [2.05, 4.69) is 10.1 Å². The normalized spacial score (nSPS) is 12.1. The number of halogens is 1. The van der Waals surface area contributed by atoms with Crippen LogP contribution < -0.4 is 10.1 Å². The van der Waals surface area contributed by atoms with Crippen molar-refractivity contribution in [3.05, 3.63) is 80.1 Å². The Balaban J connectivity index is 1.84. The van der Waals surface area contributed by atoms with E-state index in [0.29, 0.717) is 20.3 Å². The molecule has 0 saturated carbocycles. The predicted octanol–water partition coefficient (Wildman–Crippen LogP) is 3.02. The summed E-state index contributed by atoms with van der Waals surface area (Å²) in [6.07, 6.45) is 1.85. The van der Waals surface area contributed by atoms with Gasteiger partial charge in [0.2, 0.25) is 4.96 Å². The summed E-state index contributed by atoms with van der Waals surface area (Å²) in [5, 5.41) is 4.92. The molecule has 112 valence electrons. The predicted molar refractivity (Wildman–Crippen MR) is 92.8 cm³/mol. The fraction of sp³-hybridized carbons (Fsp3) is 0. The average molecular weight is 340 g/mol. The van der Waals surface area contributed by atoms with Crippen LogP contribution >= 0.6 is 22.9 Å². The van der Waals surface area contributed by atoms with E-state index in [-0.39, 0.29) is 5.56 Å². The van der Waals surface area contributed by atoms with Crippen LogP contribution in [-0.4, -0.2) is 14.6 Å². The third-order valence-electron chi connectivity index (χ3n) is 3.36. The Morgan fingerprint density at radius 3 is 2.65 bits per heavy atom. The molecule has 2 aromatic carbocycles. The van der Waals surface area contributed by atoms with Gasteiger partial charge in [0.25, 0.3) is 5.56 Å². The Kier molecular flexibility index (Phi) is 3.44. The van der Waals surface area contributed by atoms with Crippen LogP contribution in [0.5, 0.6) is 0 Å². The van der Waals surface area contributed by atoms with Crippen molar-refractivity contribution in [2.45, 2.75) is 0 Å². The first-order valence-electron chi connectivity index (χ1n) is 6.93. The molecule has 2 heterocycles. The molecule has 0 N–H and O–H groups in total. The van der Waals surface area contributed by atoms with Gasteiger partial charge in [-0.15, -0.1) is 5.10 Å². The number of fused-ring (bicyclic) bond motifs is 1. The molecule has 0 fully saturated rings. The van der Waals surface area contributed by atoms with Gasteiger partial charge in [0.15, 0.2) is 5.82 Å². The third-order valence-corrected chi connectivity index (χ3v) is 4.56. The van der Waals surface area contributed by atoms with Gasteiger partial charge >= 0.3 is 0 Å². The van der Waals surface area contributed by atoms with Crippen LogP contribution in [0.25, 0.3) is 22.4 Å². The zero-order valence-electron chi connectivity index (χ0n) is 11.8. The highest BCUT2D eigenvalue weighted by Crippen LogP contribution is 2.20. The molecule has 23 heavy (non-hydrogen) atoms. The summed E-state index contributed by atoms with van der Waals surface area (Å²) in [7, 11) is 0. The number of hydrogen-bond acceptors (Lipinski definition) is 4. The van der Waals surface area contributed by atoms with Gasteiger partial charge in [-0.3, -0.25) is 4.79 Å². The van der Waals surface area contributed by atoms with E-state index in [0.717, 1.165) is 11.1 Å². The zero-order chi connectivity index (χ0) is 15.8. The van der Waals surface area contributed by atoms with Crippen LogP contribution in [0.3, 0.4) is 0 Å². The highest BCUT2D eigenvalue weighted by Gasteiger charge is 2.12. The van der Waals surface area contributed by atoms with Crippen molar-refractivity contribution < 1.29 is 0 Å². The number of rotatable bonds is 2. The summed E-state index contributed by atoms with van der Waals surface area (Å²) < 4.78 is 1.96. The van der Waals surface area contributed by atoms with E-state index in [1.54, 1.807) is 12.1 Å². The topological polar surface area (TPSA) is 47.3 Å². The zero-order valence-corrected chi connectivity index (χ0v) is 13.4. The second-order valence-corrected chi connectivity index (χ2v) is 6.41. The summed E-state index contributed by atoms with van der Waals surface area (Å²) in [6.45, 7) is 0. The first kappa shape index (κ1) is 14.1. The molecule has 0 aliphatic heterocycles. The molecule has 0 spiro atoms. The van der Waals surface area contributed by atoms with Crippen molar-refractivity contribution in [3.63, 3.8) is 0 Å². The number of nitrogens with zero attached hydrogens (tertiary/aromatic N) is 3. The quantitative estimate of drug-likeness (QED) is 0.564. The fourth-order valence-corrected chi connectivity index (χ4v) is 3.38. The molecular formula is C17H10ClN3OS. The third kappa shape index (κ3) is 2.65. The first-order chi connectivity index (χ1) is 11.2. The summed E-state index contributed by atoms with van der Waals surface area (Å²) in [5.41, 5.74) is 1.61. The lowest BCUT2D eigenvalue weighted by molar-refractivity contribution is 0.937. The second-order valence-electron chi connectivity index (χ2n) is 4.97. The summed E-state index contributed by atoms with van der Waals surface area (Å²) in [4.78, 5) is 17.5. The molecule has 0 atom stereocenters. The molecule has 2 aromatic heterocycles. The van der Waals surface area contributed by atoms with Gasteiger partial charge in [0.05, 0.1) is 4.53 Å². The smallest absolute Gasteiger partial charge is 0.266 e. The Morgan fingerprint density at radius 2 is 1.91 bits per heavy atom. The SMILES string of the molecule is O=c1/c(=C/c2ccccc2)sc2nc(-c3cccc(Cl)c3)nn12. The van der Waals surface area contributed by atoms with Crippen molar-refractivity contribution in [2.24, 2.45) is 0 Å². The number of thiazole rings is 1. The van der Waals surface area contributed by atoms with E-state index < -0.39 is 0 Å². The van der Waals surface area contributed by atoms with Gasteiger partial charge in [0, 0.05) is 10.6 Å². The molecule has 4 rings (SSSR count). The van der Waals surface area contributed by atoms with E-state index >= 15 is 0 Å². The monoisotopic (exact) mass is 339 g/mol. The first-order valence-corrected chi connectivity index (χ1v) is 8.12. The lowest BCUT2D eigenvalue weighted by atomic mass is 10.2. The van der Waals surface area contributed by atoms with Crippen molar-refractivity contribution in [3.8, 4) is 11.4 Å². The van der Waals surface area contributed by atoms with Gasteiger partial charge in [-0.2, -0.15) is 9.50 Å². The average Bonchev–Trinajstić information content (AvgIpc) is 3.09. The number of aromatic nitrogens is 3. The lowest BCUT2D eigenvalue weighted by Gasteiger charge is -1.94. The van der Waals surface area contributed by atoms with Gasteiger partial charge < -0.3 is 0 Å². The molecule has 0 aliphatic rings. The van der Waals surface area contributed by atoms with E-state index in [9.17, 15) is 4.79 Å². The van der Waals surface area contributed by atoms with Crippen LogP contribution in [0.1, 0.15) is 5.56 Å². The van der Waals surface area contributed by atoms with E-state index in [1.807, 2.05) is 48.5 Å². The largest absolute Gasteiger partial charge is 0.291 e. The second kappa shape index (κ2) is 5.61. The molecule has 6 heteroatoms. The Hall–Kier alpha value is -2.50. The molecule has 0 aliphatic carbocycles. The maximum absolute atomic E-state index is 12.5. The summed E-state index contributed by atoms with van der Waals surface area (Å²) in [6, 6.07) is 17.0. The fourth-order valence-electron chi connectivity index (χ4n) is 2.28. The highest BCUT2D eigenvalue weighted by molar-refractivity contribution is 7.15. The van der Waals surface area contributed by atoms with Gasteiger partial charge in [-0.25, -0.2) is 0 Å². The molecule has 4 nitrogen and oxygen atoms in total. The molecule has 0 bridgehead atoms. The summed E-state index contributed by atoms with van der Waals surface area (Å²) >= 11 is 7.31. The van der Waals surface area contributed by atoms with Crippen LogP contribution in [0.2, 0.25) is 5.02 Å². The van der Waals surface area contributed by atoms with Crippen molar-refractivity contribution in [1.82, 2.24) is 14.6 Å². The van der Waals surface area contributed by atoms with Gasteiger partial charge in [-0.05, 0) is 23.8 Å². The minimum absolute atomic E-state index is 0.158. The molecular weight excluding hydrogens is 330 g/mol. The van der Waals surface area contributed by atoms with E-state index in [4.69, 9.17) is 11.6 Å². The number of benzene rings is 2. The Labute approximate surface area is 140 Å². The standard InChI is InChI=1S/C17H10ClN3OS/c18-13-8-4-7-12(10-13)15-19-17-21(20-15)16(22)14(23-17)9-11-5-2-1-3-6-11/h1-10H/b14-9-. The molecule has 0 saturated heterocycles. The van der Waals surface area contributed by atoms with E-state index in [1.165, 1.54) is 15.9 Å².